The number of aliphatic hydroxyl groups is 3. The Hall–Kier alpha value is -1.43. The van der Waals surface area contributed by atoms with E-state index in [1.54, 1.807) is 6.08 Å². The Morgan fingerprint density at radius 3 is 1.70 bits per heavy atom. The van der Waals surface area contributed by atoms with E-state index in [0.717, 1.165) is 44.9 Å². The Morgan fingerprint density at radius 1 is 0.703 bits per heavy atom. The first-order valence-corrected chi connectivity index (χ1v) is 15.3. The van der Waals surface area contributed by atoms with Crippen molar-refractivity contribution in [2.75, 3.05) is 6.61 Å². The lowest BCUT2D eigenvalue weighted by molar-refractivity contribution is -0.124. The first-order chi connectivity index (χ1) is 18.0. The van der Waals surface area contributed by atoms with Crippen molar-refractivity contribution >= 4 is 5.91 Å². The van der Waals surface area contributed by atoms with E-state index in [0.29, 0.717) is 6.42 Å². The number of unbranched alkanes of at least 4 members (excludes halogenated alkanes) is 13. The van der Waals surface area contributed by atoms with Gasteiger partial charge in [-0.25, -0.2) is 0 Å². The molecule has 0 fully saturated rings. The highest BCUT2D eigenvalue weighted by atomic mass is 16.3. The van der Waals surface area contributed by atoms with Gasteiger partial charge in [0.05, 0.1) is 31.3 Å². The lowest BCUT2D eigenvalue weighted by atomic mass is 10.0. The minimum Gasteiger partial charge on any atom is -0.394 e. The molecule has 0 aromatic rings. The van der Waals surface area contributed by atoms with Crippen LogP contribution in [0.15, 0.2) is 36.5 Å². The Kier molecular flexibility index (Phi) is 26.5. The van der Waals surface area contributed by atoms with Crippen LogP contribution in [0, 0.1) is 0 Å². The number of nitrogens with one attached hydrogen (secondary N) is 1. The maximum atomic E-state index is 12.3. The molecule has 3 atom stereocenters. The second-order valence-electron chi connectivity index (χ2n) is 10.3. The fraction of sp³-hybridized carbons (Fsp3) is 0.781. The standard InChI is InChI=1S/C32H59NO4/c1-3-5-7-9-11-13-15-16-17-19-21-23-25-29(35)27-32(37)33-30(28-34)31(36)26-24-22-20-18-14-12-10-8-6-4-2/h6,8,14,18,24,26,29-31,34-36H,3-5,7,9-13,15-17,19-23,25,27-28H2,1-2H3,(H,33,37)/b8-6+,18-14+,26-24+. The molecule has 0 saturated carbocycles. The van der Waals surface area contributed by atoms with Gasteiger partial charge in [-0.2, -0.15) is 0 Å². The Balaban J connectivity index is 3.86. The van der Waals surface area contributed by atoms with Gasteiger partial charge in [-0.1, -0.05) is 127 Å². The van der Waals surface area contributed by atoms with Crippen molar-refractivity contribution in [3.8, 4) is 0 Å². The SMILES string of the molecule is CC/C=C/CC/C=C/CC/C=C/C(O)C(CO)NC(=O)CC(O)CCCCCCCCCCCCCC. The van der Waals surface area contributed by atoms with Crippen molar-refractivity contribution in [3.63, 3.8) is 0 Å². The third-order valence-electron chi connectivity index (χ3n) is 6.67. The van der Waals surface area contributed by atoms with Gasteiger partial charge in [0.2, 0.25) is 5.91 Å². The molecule has 0 spiro atoms. The van der Waals surface area contributed by atoms with Crippen LogP contribution in [0.1, 0.15) is 136 Å². The Labute approximate surface area is 228 Å². The van der Waals surface area contributed by atoms with Crippen molar-refractivity contribution in [3.05, 3.63) is 36.5 Å². The highest BCUT2D eigenvalue weighted by Gasteiger charge is 2.19. The smallest absolute Gasteiger partial charge is 0.222 e. The van der Waals surface area contributed by atoms with Gasteiger partial charge in [-0.3, -0.25) is 4.79 Å². The predicted octanol–water partition coefficient (Wildman–Crippen LogP) is 7.31. The van der Waals surface area contributed by atoms with Gasteiger partial charge in [0.1, 0.15) is 0 Å². The summed E-state index contributed by atoms with van der Waals surface area (Å²) in [6.07, 6.45) is 31.2. The fourth-order valence-electron chi connectivity index (χ4n) is 4.32. The molecule has 3 unspecified atom stereocenters. The van der Waals surface area contributed by atoms with Crippen LogP contribution in [-0.4, -0.2) is 46.1 Å². The first-order valence-electron chi connectivity index (χ1n) is 15.3. The molecule has 37 heavy (non-hydrogen) atoms. The summed E-state index contributed by atoms with van der Waals surface area (Å²) in [4.78, 5) is 12.3. The molecule has 0 aromatic heterocycles. The summed E-state index contributed by atoms with van der Waals surface area (Å²) in [7, 11) is 0. The van der Waals surface area contributed by atoms with Crippen LogP contribution < -0.4 is 5.32 Å². The maximum absolute atomic E-state index is 12.3. The number of aliphatic hydroxyl groups excluding tert-OH is 3. The number of allylic oxidation sites excluding steroid dienone is 5. The van der Waals surface area contributed by atoms with Crippen LogP contribution in [0.3, 0.4) is 0 Å². The zero-order chi connectivity index (χ0) is 27.4. The maximum Gasteiger partial charge on any atom is 0.222 e. The van der Waals surface area contributed by atoms with E-state index >= 15 is 0 Å². The number of hydrogen-bond donors (Lipinski definition) is 4. The van der Waals surface area contributed by atoms with Crippen LogP contribution in [0.4, 0.5) is 0 Å². The number of amides is 1. The van der Waals surface area contributed by atoms with Crippen LogP contribution in [0.25, 0.3) is 0 Å². The van der Waals surface area contributed by atoms with Crippen LogP contribution in [0.5, 0.6) is 0 Å². The minimum atomic E-state index is -0.953. The molecule has 216 valence electrons. The van der Waals surface area contributed by atoms with E-state index in [2.05, 4.69) is 43.5 Å². The normalized spacial score (nSPS) is 14.6. The molecule has 0 heterocycles. The van der Waals surface area contributed by atoms with E-state index < -0.39 is 18.2 Å². The zero-order valence-electron chi connectivity index (χ0n) is 24.1. The quantitative estimate of drug-likeness (QED) is 0.0710. The first kappa shape index (κ1) is 35.6. The number of hydrogen-bond acceptors (Lipinski definition) is 4. The van der Waals surface area contributed by atoms with Gasteiger partial charge in [-0.05, 0) is 38.5 Å². The summed E-state index contributed by atoms with van der Waals surface area (Å²) in [5.74, 6) is -0.335. The van der Waals surface area contributed by atoms with E-state index in [-0.39, 0.29) is 18.9 Å². The molecule has 1 amide bonds. The Bertz CT molecular complexity index is 587. The van der Waals surface area contributed by atoms with Crippen molar-refractivity contribution in [1.29, 1.82) is 0 Å². The van der Waals surface area contributed by atoms with Gasteiger partial charge in [-0.15, -0.1) is 0 Å². The lowest BCUT2D eigenvalue weighted by Gasteiger charge is -2.21. The topological polar surface area (TPSA) is 89.8 Å². The van der Waals surface area contributed by atoms with Crippen molar-refractivity contribution < 1.29 is 20.1 Å². The molecule has 0 aliphatic rings. The van der Waals surface area contributed by atoms with Crippen molar-refractivity contribution in [2.45, 2.75) is 154 Å². The third-order valence-corrected chi connectivity index (χ3v) is 6.67. The molecule has 0 rings (SSSR count). The second-order valence-corrected chi connectivity index (χ2v) is 10.3. The number of carbonyl (C=O) groups excluding carboxylic acids is 1. The highest BCUT2D eigenvalue weighted by Crippen LogP contribution is 2.14. The van der Waals surface area contributed by atoms with Crippen LogP contribution >= 0.6 is 0 Å². The van der Waals surface area contributed by atoms with Crippen molar-refractivity contribution in [1.82, 2.24) is 5.32 Å². The highest BCUT2D eigenvalue weighted by molar-refractivity contribution is 5.76. The summed E-state index contributed by atoms with van der Waals surface area (Å²) in [5.41, 5.74) is 0. The second kappa shape index (κ2) is 27.6. The Morgan fingerprint density at radius 2 is 1.19 bits per heavy atom. The lowest BCUT2D eigenvalue weighted by Crippen LogP contribution is -2.45. The molecule has 5 nitrogen and oxygen atoms in total. The number of carbonyl (C=O) groups is 1. The van der Waals surface area contributed by atoms with E-state index in [1.807, 2.05) is 6.08 Å². The molecule has 4 N–H and O–H groups in total. The molecule has 0 aromatic carbocycles. The van der Waals surface area contributed by atoms with Crippen LogP contribution in [-0.2, 0) is 4.79 Å². The van der Waals surface area contributed by atoms with E-state index in [1.165, 1.54) is 64.2 Å². The fourth-order valence-corrected chi connectivity index (χ4v) is 4.32. The molecule has 0 saturated heterocycles. The molecule has 0 aliphatic carbocycles. The van der Waals surface area contributed by atoms with E-state index in [9.17, 15) is 20.1 Å². The van der Waals surface area contributed by atoms with Crippen LogP contribution in [0.2, 0.25) is 0 Å². The minimum absolute atomic E-state index is 0.00318. The average molecular weight is 522 g/mol. The molecule has 5 heteroatoms. The predicted molar refractivity (Wildman–Crippen MR) is 158 cm³/mol. The summed E-state index contributed by atoms with van der Waals surface area (Å²) in [5, 5.41) is 32.7. The van der Waals surface area contributed by atoms with Gasteiger partial charge in [0.15, 0.2) is 0 Å². The van der Waals surface area contributed by atoms with E-state index in [4.69, 9.17) is 0 Å². The van der Waals surface area contributed by atoms with Crippen molar-refractivity contribution in [2.24, 2.45) is 0 Å². The number of rotatable bonds is 26. The molecule has 0 radical (unpaired) electrons. The van der Waals surface area contributed by atoms with Gasteiger partial charge in [0.25, 0.3) is 0 Å². The third kappa shape index (κ3) is 24.7. The van der Waals surface area contributed by atoms with Gasteiger partial charge < -0.3 is 20.6 Å². The largest absolute Gasteiger partial charge is 0.394 e. The summed E-state index contributed by atoms with van der Waals surface area (Å²) >= 11 is 0. The average Bonchev–Trinajstić information content (AvgIpc) is 2.88. The molecule has 0 aliphatic heterocycles. The van der Waals surface area contributed by atoms with Gasteiger partial charge in [0, 0.05) is 0 Å². The molecular weight excluding hydrogens is 462 g/mol. The monoisotopic (exact) mass is 521 g/mol. The molecule has 0 bridgehead atoms. The zero-order valence-corrected chi connectivity index (χ0v) is 24.1. The molecular formula is C32H59NO4. The van der Waals surface area contributed by atoms with Gasteiger partial charge >= 0.3 is 0 Å². The summed E-state index contributed by atoms with van der Waals surface area (Å²) < 4.78 is 0. The summed E-state index contributed by atoms with van der Waals surface area (Å²) in [6, 6.07) is -0.761. The summed E-state index contributed by atoms with van der Waals surface area (Å²) in [6.45, 7) is 4.03.